The van der Waals surface area contributed by atoms with E-state index in [1.807, 2.05) is 5.32 Å². The Kier molecular flexibility index (Phi) is 11.5. The number of hydrogen-bond donors (Lipinski definition) is 11. The Morgan fingerprint density at radius 1 is 1.30 bits per heavy atom. The molecule has 2 aliphatic heterocycles. The number of nitrogens with one attached hydrogen (secondary N) is 2. The molecule has 0 spiro atoms. The lowest BCUT2D eigenvalue weighted by atomic mass is 9.88. The van der Waals surface area contributed by atoms with Gasteiger partial charge in [-0.3, -0.25) is 23.2 Å². The minimum absolute atomic E-state index is 0.124. The predicted octanol–water partition coefficient (Wildman–Crippen LogP) is -6.09. The molecule has 1 aromatic heterocycles. The molecule has 1 aromatic rings. The summed E-state index contributed by atoms with van der Waals surface area (Å²) in [6.07, 6.45) is -15.7. The van der Waals surface area contributed by atoms with Crippen molar-refractivity contribution in [3.63, 3.8) is 0 Å². The molecule has 44 heavy (non-hydrogen) atoms. The fraction of sp³-hybridized carbons (Fsp3) is 0.682. The molecule has 0 aromatic carbocycles. The van der Waals surface area contributed by atoms with Crippen molar-refractivity contribution in [1.29, 1.82) is 0 Å². The molecule has 9 unspecified atom stereocenters. The Labute approximate surface area is 247 Å². The van der Waals surface area contributed by atoms with Crippen LogP contribution in [0.5, 0.6) is 0 Å². The highest BCUT2D eigenvalue weighted by atomic mass is 31.2. The molecule has 2 aliphatic rings. The van der Waals surface area contributed by atoms with E-state index in [0.29, 0.717) is 0 Å². The molecule has 2 amide bonds. The van der Waals surface area contributed by atoms with Crippen molar-refractivity contribution >= 4 is 31.7 Å². The number of nitrogens with zero attached hydrogens (tertiary/aromatic N) is 2. The molecule has 248 valence electrons. The number of hydrogen-bond acceptors (Lipinski definition) is 16. The summed E-state index contributed by atoms with van der Waals surface area (Å²) in [6.45, 7) is -1.70. The van der Waals surface area contributed by atoms with Crippen molar-refractivity contribution in [1.82, 2.24) is 20.2 Å². The van der Waals surface area contributed by atoms with Crippen molar-refractivity contribution in [2.24, 2.45) is 0 Å². The molecule has 2 saturated heterocycles. The number of carbonyl (C=O) groups excluding carboxylic acids is 2. The quantitative estimate of drug-likeness (QED) is 0.0656. The number of carboxylic acid groups (broad SMARTS) is 1. The Morgan fingerprint density at radius 2 is 1.98 bits per heavy atom. The molecule has 2 fully saturated rings. The van der Waals surface area contributed by atoms with Crippen molar-refractivity contribution in [2.45, 2.75) is 73.6 Å². The third kappa shape index (κ3) is 7.95. The van der Waals surface area contributed by atoms with Crippen LogP contribution in [0.25, 0.3) is 0 Å². The van der Waals surface area contributed by atoms with Gasteiger partial charge in [0.15, 0.2) is 6.23 Å². The van der Waals surface area contributed by atoms with Gasteiger partial charge in [0.25, 0.3) is 5.79 Å². The highest BCUT2D eigenvalue weighted by molar-refractivity contribution is 7.52. The molecule has 3 rings (SSSR count). The zero-order valence-corrected chi connectivity index (χ0v) is 23.6. The van der Waals surface area contributed by atoms with Crippen LogP contribution >= 0.6 is 7.60 Å². The van der Waals surface area contributed by atoms with E-state index in [2.05, 4.69) is 10.3 Å². The lowest BCUT2D eigenvalue weighted by molar-refractivity contribution is -0.286. The Morgan fingerprint density at radius 3 is 2.57 bits per heavy atom. The zero-order chi connectivity index (χ0) is 33.0. The first-order chi connectivity index (χ1) is 20.6. The van der Waals surface area contributed by atoms with Crippen LogP contribution in [0.2, 0.25) is 0 Å². The standard InChI is InChI=1S/C22H34N5O16P/c23-12-1-3-27(21(38)25-12)19-17(35)16(34)11(41-19)2-4-44(39,40)43-22(20(36)37)5-9(30)14(26-13(32)6-24-8-29)18(42-22)15(33)10(31)7-28/h1,3,8-11,14-19,28,30-31,33-35H,2,4-7H2,(H,24,29)(H,26,32)(H,36,37)(H,39,40)(H2,23,25,38)/t9?,10-,11?,14?,15-,16?,17?,18?,19?,22?/m1/s1. The SMILES string of the molecule is Nc1ccn(C2OC(CCP(=O)(O)OC3(C(=O)O)CC(O)C(NC(=O)CNC=O)C([C@H](O)[C@H](O)CO)O3)C(O)C2O)c(=O)n1. The van der Waals surface area contributed by atoms with E-state index in [-0.39, 0.29) is 12.2 Å². The number of aliphatic hydroxyl groups is 6. The average molecular weight is 656 g/mol. The number of rotatable bonds is 14. The first-order valence-corrected chi connectivity index (χ1v) is 14.7. The maximum atomic E-state index is 13.1. The lowest BCUT2D eigenvalue weighted by Gasteiger charge is -2.46. The lowest BCUT2D eigenvalue weighted by Crippen LogP contribution is -2.68. The smallest absolute Gasteiger partial charge is 0.364 e. The van der Waals surface area contributed by atoms with Gasteiger partial charge in [-0.15, -0.1) is 0 Å². The summed E-state index contributed by atoms with van der Waals surface area (Å²) >= 11 is 0. The first kappa shape index (κ1) is 35.4. The maximum absolute atomic E-state index is 13.1. The number of aromatic nitrogens is 2. The molecule has 11 atom stereocenters. The van der Waals surface area contributed by atoms with Crippen LogP contribution in [-0.4, -0.2) is 142 Å². The highest BCUT2D eigenvalue weighted by Crippen LogP contribution is 2.51. The molecule has 0 radical (unpaired) electrons. The van der Waals surface area contributed by atoms with E-state index in [4.69, 9.17) is 19.7 Å². The van der Waals surface area contributed by atoms with E-state index in [0.717, 1.165) is 10.8 Å². The predicted molar refractivity (Wildman–Crippen MR) is 140 cm³/mol. The van der Waals surface area contributed by atoms with Gasteiger partial charge >= 0.3 is 19.3 Å². The van der Waals surface area contributed by atoms with Gasteiger partial charge in [-0.1, -0.05) is 0 Å². The number of nitrogen functional groups attached to an aromatic ring is 1. The van der Waals surface area contributed by atoms with Crippen molar-refractivity contribution in [3.05, 3.63) is 22.7 Å². The van der Waals surface area contributed by atoms with Crippen LogP contribution in [0.15, 0.2) is 17.1 Å². The normalized spacial score (nSPS) is 33.1. The monoisotopic (exact) mass is 655 g/mol. The van der Waals surface area contributed by atoms with Crippen LogP contribution in [0.3, 0.4) is 0 Å². The molecule has 0 bridgehead atoms. The number of carboxylic acids is 1. The van der Waals surface area contributed by atoms with Gasteiger partial charge in [0.2, 0.25) is 12.3 Å². The fourth-order valence-corrected chi connectivity index (χ4v) is 6.07. The van der Waals surface area contributed by atoms with Crippen molar-refractivity contribution in [2.75, 3.05) is 25.0 Å². The third-order valence-corrected chi connectivity index (χ3v) is 8.34. The van der Waals surface area contributed by atoms with Crippen LogP contribution < -0.4 is 22.1 Å². The summed E-state index contributed by atoms with van der Waals surface area (Å²) in [6, 6.07) is -0.452. The molecule has 12 N–H and O–H groups in total. The molecule has 0 aliphatic carbocycles. The Hall–Kier alpha value is -3.08. The van der Waals surface area contributed by atoms with Crippen LogP contribution in [0.4, 0.5) is 5.82 Å². The number of aliphatic hydroxyl groups excluding tert-OH is 6. The van der Waals surface area contributed by atoms with Crippen LogP contribution in [0.1, 0.15) is 19.1 Å². The van der Waals surface area contributed by atoms with Gasteiger partial charge < -0.3 is 66.5 Å². The van der Waals surface area contributed by atoms with E-state index < -0.39 is 118 Å². The van der Waals surface area contributed by atoms with Crippen LogP contribution in [0, 0.1) is 0 Å². The summed E-state index contributed by atoms with van der Waals surface area (Å²) in [5.41, 5.74) is 4.51. The van der Waals surface area contributed by atoms with E-state index in [9.17, 15) is 64.4 Å². The molecule has 21 nitrogen and oxygen atoms in total. The summed E-state index contributed by atoms with van der Waals surface area (Å²) in [7, 11) is -5.08. The molecular formula is C22H34N5O16P. The molecule has 22 heteroatoms. The van der Waals surface area contributed by atoms with Gasteiger partial charge in [-0.25, -0.2) is 9.59 Å². The summed E-state index contributed by atoms with van der Waals surface area (Å²) in [4.78, 5) is 61.2. The van der Waals surface area contributed by atoms with E-state index >= 15 is 0 Å². The second-order valence-electron chi connectivity index (χ2n) is 10.1. The number of carbonyl (C=O) groups is 3. The average Bonchev–Trinajstić information content (AvgIpc) is 3.23. The summed E-state index contributed by atoms with van der Waals surface area (Å²) in [5.74, 6) is -6.28. The van der Waals surface area contributed by atoms with E-state index in [1.165, 1.54) is 6.07 Å². The van der Waals surface area contributed by atoms with Gasteiger partial charge in [-0.05, 0) is 12.5 Å². The second-order valence-corrected chi connectivity index (χ2v) is 12.0. The summed E-state index contributed by atoms with van der Waals surface area (Å²) in [5, 5.41) is 75.5. The van der Waals surface area contributed by atoms with Gasteiger partial charge in [0, 0.05) is 12.6 Å². The number of ether oxygens (including phenoxy) is 2. The molecular weight excluding hydrogens is 621 g/mol. The molecule has 0 saturated carbocycles. The van der Waals surface area contributed by atoms with Gasteiger partial charge in [0.1, 0.15) is 36.3 Å². The van der Waals surface area contributed by atoms with Crippen LogP contribution in [-0.2, 0) is 32.9 Å². The van der Waals surface area contributed by atoms with Gasteiger partial charge in [0.05, 0.1) is 37.6 Å². The largest absolute Gasteiger partial charge is 0.477 e. The van der Waals surface area contributed by atoms with Crippen molar-refractivity contribution in [3.8, 4) is 0 Å². The maximum Gasteiger partial charge on any atom is 0.364 e. The number of anilines is 1. The third-order valence-electron chi connectivity index (χ3n) is 6.94. The fourth-order valence-electron chi connectivity index (χ4n) is 4.74. The topological polar surface area (TPSA) is 343 Å². The Balaban J connectivity index is 1.79. The molecule has 3 heterocycles. The highest BCUT2D eigenvalue weighted by Gasteiger charge is 2.58. The van der Waals surface area contributed by atoms with E-state index in [1.54, 1.807) is 0 Å². The first-order valence-electron chi connectivity index (χ1n) is 13.0. The zero-order valence-electron chi connectivity index (χ0n) is 22.7. The number of nitrogens with two attached hydrogens (primary N) is 1. The second kappa shape index (κ2) is 14.3. The van der Waals surface area contributed by atoms with Gasteiger partial charge in [-0.2, -0.15) is 4.98 Å². The summed E-state index contributed by atoms with van der Waals surface area (Å²) < 4.78 is 29.7. The minimum atomic E-state index is -5.08. The Bertz CT molecular complexity index is 1300. The number of aliphatic carboxylic acids is 1. The number of amides is 2. The van der Waals surface area contributed by atoms with Crippen molar-refractivity contribution < 1.29 is 73.6 Å². The minimum Gasteiger partial charge on any atom is -0.477 e.